The zero-order valence-corrected chi connectivity index (χ0v) is 9.58. The summed E-state index contributed by atoms with van der Waals surface area (Å²) in [6.07, 6.45) is 2.82. The SMILES string of the molecule is COc1ccnc2c1CCNC2.Cl.Cl. The van der Waals surface area contributed by atoms with Gasteiger partial charge in [-0.3, -0.25) is 4.98 Å². The van der Waals surface area contributed by atoms with E-state index in [2.05, 4.69) is 10.3 Å². The monoisotopic (exact) mass is 236 g/mol. The maximum absolute atomic E-state index is 5.24. The largest absolute Gasteiger partial charge is 0.496 e. The molecule has 0 unspecified atom stereocenters. The third kappa shape index (κ3) is 2.50. The summed E-state index contributed by atoms with van der Waals surface area (Å²) in [4.78, 5) is 4.29. The molecular weight excluding hydrogens is 223 g/mol. The molecule has 0 amide bonds. The number of aromatic nitrogens is 1. The fraction of sp³-hybridized carbons (Fsp3) is 0.444. The van der Waals surface area contributed by atoms with Crippen LogP contribution in [0.1, 0.15) is 11.3 Å². The van der Waals surface area contributed by atoms with Gasteiger partial charge in [-0.2, -0.15) is 0 Å². The maximum Gasteiger partial charge on any atom is 0.125 e. The molecule has 3 nitrogen and oxygen atoms in total. The van der Waals surface area contributed by atoms with Gasteiger partial charge in [0, 0.05) is 18.3 Å². The average molecular weight is 237 g/mol. The first-order valence-corrected chi connectivity index (χ1v) is 4.13. The number of nitrogens with one attached hydrogen (secondary N) is 1. The predicted molar refractivity (Wildman–Crippen MR) is 60.7 cm³/mol. The van der Waals surface area contributed by atoms with E-state index in [9.17, 15) is 0 Å². The molecule has 0 fully saturated rings. The molecule has 5 heteroatoms. The van der Waals surface area contributed by atoms with E-state index in [0.717, 1.165) is 31.0 Å². The van der Waals surface area contributed by atoms with Gasteiger partial charge in [-0.05, 0) is 19.0 Å². The molecular formula is C9H14Cl2N2O. The minimum atomic E-state index is 0. The molecule has 1 aromatic rings. The van der Waals surface area contributed by atoms with E-state index in [0.29, 0.717) is 0 Å². The Balaban J connectivity index is 0.000000845. The average Bonchev–Trinajstić information content (AvgIpc) is 2.17. The van der Waals surface area contributed by atoms with Gasteiger partial charge >= 0.3 is 0 Å². The summed E-state index contributed by atoms with van der Waals surface area (Å²) >= 11 is 0. The Bertz CT molecular complexity index is 280. The van der Waals surface area contributed by atoms with Gasteiger partial charge in [-0.1, -0.05) is 0 Å². The first-order chi connectivity index (χ1) is 5.92. The second kappa shape index (κ2) is 6.06. The lowest BCUT2D eigenvalue weighted by Crippen LogP contribution is -2.24. The van der Waals surface area contributed by atoms with E-state index in [1.807, 2.05) is 6.07 Å². The molecule has 0 aromatic carbocycles. The van der Waals surface area contributed by atoms with Gasteiger partial charge in [0.1, 0.15) is 5.75 Å². The van der Waals surface area contributed by atoms with Crippen molar-refractivity contribution in [1.82, 2.24) is 10.3 Å². The van der Waals surface area contributed by atoms with E-state index in [4.69, 9.17) is 4.74 Å². The summed E-state index contributed by atoms with van der Waals surface area (Å²) in [6.45, 7) is 1.89. The van der Waals surface area contributed by atoms with Crippen molar-refractivity contribution in [2.45, 2.75) is 13.0 Å². The molecule has 80 valence electrons. The Morgan fingerprint density at radius 1 is 1.43 bits per heavy atom. The molecule has 0 aliphatic carbocycles. The normalized spacial score (nSPS) is 13.2. The lowest BCUT2D eigenvalue weighted by Gasteiger charge is -2.17. The molecule has 0 saturated carbocycles. The van der Waals surface area contributed by atoms with Crippen molar-refractivity contribution in [2.75, 3.05) is 13.7 Å². The Kier molecular flexibility index (Phi) is 5.84. The summed E-state index contributed by atoms with van der Waals surface area (Å²) in [7, 11) is 1.71. The number of ether oxygens (including phenoxy) is 1. The number of methoxy groups -OCH3 is 1. The molecule has 1 aromatic heterocycles. The zero-order chi connectivity index (χ0) is 8.39. The van der Waals surface area contributed by atoms with Crippen molar-refractivity contribution in [3.05, 3.63) is 23.5 Å². The summed E-state index contributed by atoms with van der Waals surface area (Å²) < 4.78 is 5.24. The van der Waals surface area contributed by atoms with Crippen molar-refractivity contribution < 1.29 is 4.74 Å². The van der Waals surface area contributed by atoms with Crippen molar-refractivity contribution >= 4 is 24.8 Å². The van der Waals surface area contributed by atoms with Crippen LogP contribution in [0.3, 0.4) is 0 Å². The highest BCUT2D eigenvalue weighted by Gasteiger charge is 2.13. The topological polar surface area (TPSA) is 34.1 Å². The molecule has 0 spiro atoms. The second-order valence-electron chi connectivity index (χ2n) is 2.87. The van der Waals surface area contributed by atoms with Gasteiger partial charge < -0.3 is 10.1 Å². The first kappa shape index (κ1) is 13.5. The summed E-state index contributed by atoms with van der Waals surface area (Å²) in [5.41, 5.74) is 2.39. The molecule has 1 aliphatic rings. The summed E-state index contributed by atoms with van der Waals surface area (Å²) in [5, 5.41) is 3.27. The van der Waals surface area contributed by atoms with Crippen molar-refractivity contribution in [3.63, 3.8) is 0 Å². The highest BCUT2D eigenvalue weighted by atomic mass is 35.5. The van der Waals surface area contributed by atoms with Gasteiger partial charge in [0.15, 0.2) is 0 Å². The molecule has 0 radical (unpaired) electrons. The standard InChI is InChI=1S/C9H12N2O.2ClH/c1-12-9-3-5-11-8-6-10-4-2-7(8)9;;/h3,5,10H,2,4,6H2,1H3;2*1H. The number of rotatable bonds is 1. The van der Waals surface area contributed by atoms with Crippen molar-refractivity contribution in [3.8, 4) is 5.75 Å². The van der Waals surface area contributed by atoms with E-state index in [-0.39, 0.29) is 24.8 Å². The second-order valence-corrected chi connectivity index (χ2v) is 2.87. The van der Waals surface area contributed by atoms with Gasteiger partial charge in [-0.25, -0.2) is 0 Å². The van der Waals surface area contributed by atoms with Crippen LogP contribution in [-0.4, -0.2) is 18.6 Å². The lowest BCUT2D eigenvalue weighted by molar-refractivity contribution is 0.404. The number of halogens is 2. The molecule has 0 bridgehead atoms. The molecule has 14 heavy (non-hydrogen) atoms. The van der Waals surface area contributed by atoms with Crippen LogP contribution in [0.25, 0.3) is 0 Å². The highest BCUT2D eigenvalue weighted by molar-refractivity contribution is 5.85. The number of hydrogen-bond donors (Lipinski definition) is 1. The molecule has 0 saturated heterocycles. The molecule has 1 aliphatic heterocycles. The van der Waals surface area contributed by atoms with Crippen molar-refractivity contribution in [1.29, 1.82) is 0 Å². The summed E-state index contributed by atoms with van der Waals surface area (Å²) in [6, 6.07) is 1.92. The Morgan fingerprint density at radius 2 is 2.21 bits per heavy atom. The van der Waals surface area contributed by atoms with Gasteiger partial charge in [0.25, 0.3) is 0 Å². The fourth-order valence-electron chi connectivity index (χ4n) is 1.55. The van der Waals surface area contributed by atoms with Crippen molar-refractivity contribution in [2.24, 2.45) is 0 Å². The molecule has 0 atom stereocenters. The number of pyridine rings is 1. The molecule has 2 rings (SSSR count). The molecule has 1 N–H and O–H groups in total. The minimum Gasteiger partial charge on any atom is -0.496 e. The van der Waals surface area contributed by atoms with Crippen LogP contribution in [0.2, 0.25) is 0 Å². The van der Waals surface area contributed by atoms with Gasteiger partial charge in [0.2, 0.25) is 0 Å². The van der Waals surface area contributed by atoms with Gasteiger partial charge in [-0.15, -0.1) is 24.8 Å². The lowest BCUT2D eigenvalue weighted by atomic mass is 10.1. The van der Waals surface area contributed by atoms with Crippen LogP contribution in [-0.2, 0) is 13.0 Å². The summed E-state index contributed by atoms with van der Waals surface area (Å²) in [5.74, 6) is 0.974. The van der Waals surface area contributed by atoms with E-state index in [1.54, 1.807) is 13.3 Å². The third-order valence-electron chi connectivity index (χ3n) is 2.17. The Hall–Kier alpha value is -0.510. The van der Waals surface area contributed by atoms with Crippen LogP contribution >= 0.6 is 24.8 Å². The van der Waals surface area contributed by atoms with Crippen LogP contribution in [0.5, 0.6) is 5.75 Å². The fourth-order valence-corrected chi connectivity index (χ4v) is 1.55. The Morgan fingerprint density at radius 3 is 2.93 bits per heavy atom. The zero-order valence-electron chi connectivity index (χ0n) is 7.95. The minimum absolute atomic E-state index is 0. The van der Waals surface area contributed by atoms with Crippen LogP contribution in [0.4, 0.5) is 0 Å². The Labute approximate surface area is 96.1 Å². The van der Waals surface area contributed by atoms with E-state index >= 15 is 0 Å². The number of hydrogen-bond acceptors (Lipinski definition) is 3. The van der Waals surface area contributed by atoms with Crippen LogP contribution < -0.4 is 10.1 Å². The molecule has 2 heterocycles. The van der Waals surface area contributed by atoms with Gasteiger partial charge in [0.05, 0.1) is 12.8 Å². The quantitative estimate of drug-likeness (QED) is 0.805. The van der Waals surface area contributed by atoms with E-state index in [1.165, 1.54) is 5.56 Å². The third-order valence-corrected chi connectivity index (χ3v) is 2.17. The number of fused-ring (bicyclic) bond motifs is 1. The number of nitrogens with zero attached hydrogens (tertiary/aromatic N) is 1. The first-order valence-electron chi connectivity index (χ1n) is 4.13. The highest BCUT2D eigenvalue weighted by Crippen LogP contribution is 2.22. The van der Waals surface area contributed by atoms with Crippen LogP contribution in [0.15, 0.2) is 12.3 Å². The predicted octanol–water partition coefficient (Wildman–Crippen LogP) is 1.58. The van der Waals surface area contributed by atoms with Crippen LogP contribution in [0, 0.1) is 0 Å². The van der Waals surface area contributed by atoms with E-state index < -0.39 is 0 Å². The smallest absolute Gasteiger partial charge is 0.125 e. The maximum atomic E-state index is 5.24.